The number of rotatable bonds is 3. The fraction of sp³-hybridized carbons (Fsp3) is 0.133. The summed E-state index contributed by atoms with van der Waals surface area (Å²) < 4.78 is 13.1. The number of hydrogen-bond acceptors (Lipinski definition) is 2. The zero-order valence-electron chi connectivity index (χ0n) is 10.9. The van der Waals surface area contributed by atoms with Gasteiger partial charge in [0.1, 0.15) is 5.82 Å². The maximum atomic E-state index is 13.1. The first-order valence-electron chi connectivity index (χ1n) is 6.02. The quantitative estimate of drug-likeness (QED) is 0.882. The third kappa shape index (κ3) is 3.27. The Labute approximate surface area is 121 Å². The van der Waals surface area contributed by atoms with E-state index in [4.69, 9.17) is 17.3 Å². The Morgan fingerprint density at radius 3 is 2.70 bits per heavy atom. The molecule has 2 aromatic carbocycles. The SMILES string of the molecule is CN(Cc1cccc(F)c1)C(=O)c1ccc(Cl)c(N)c1. The van der Waals surface area contributed by atoms with Crippen LogP contribution in [0, 0.1) is 5.82 Å². The molecule has 0 aliphatic rings. The molecule has 3 nitrogen and oxygen atoms in total. The average molecular weight is 293 g/mol. The zero-order chi connectivity index (χ0) is 14.7. The van der Waals surface area contributed by atoms with Crippen molar-refractivity contribution in [1.82, 2.24) is 4.90 Å². The van der Waals surface area contributed by atoms with Gasteiger partial charge in [-0.25, -0.2) is 4.39 Å². The van der Waals surface area contributed by atoms with Gasteiger partial charge in [-0.2, -0.15) is 0 Å². The Morgan fingerprint density at radius 2 is 2.05 bits per heavy atom. The lowest BCUT2D eigenvalue weighted by Crippen LogP contribution is -2.26. The number of benzene rings is 2. The smallest absolute Gasteiger partial charge is 0.253 e. The number of halogens is 2. The molecule has 0 saturated carbocycles. The molecule has 0 spiro atoms. The first-order chi connectivity index (χ1) is 9.47. The van der Waals surface area contributed by atoms with Crippen LogP contribution in [0.5, 0.6) is 0 Å². The van der Waals surface area contributed by atoms with Gasteiger partial charge in [0.25, 0.3) is 5.91 Å². The molecular formula is C15H14ClFN2O. The van der Waals surface area contributed by atoms with Crippen molar-refractivity contribution >= 4 is 23.2 Å². The minimum absolute atomic E-state index is 0.197. The largest absolute Gasteiger partial charge is 0.398 e. The second kappa shape index (κ2) is 5.92. The molecule has 0 radical (unpaired) electrons. The molecule has 104 valence electrons. The topological polar surface area (TPSA) is 46.3 Å². The molecule has 1 amide bonds. The van der Waals surface area contributed by atoms with Crippen molar-refractivity contribution in [3.05, 3.63) is 64.4 Å². The first kappa shape index (κ1) is 14.3. The summed E-state index contributed by atoms with van der Waals surface area (Å²) in [7, 11) is 1.65. The van der Waals surface area contributed by atoms with E-state index in [1.807, 2.05) is 0 Å². The van der Waals surface area contributed by atoms with Crippen LogP contribution in [-0.2, 0) is 6.54 Å². The van der Waals surface area contributed by atoms with E-state index in [0.717, 1.165) is 5.56 Å². The molecule has 20 heavy (non-hydrogen) atoms. The minimum atomic E-state index is -0.320. The van der Waals surface area contributed by atoms with Crippen molar-refractivity contribution in [2.45, 2.75) is 6.54 Å². The highest BCUT2D eigenvalue weighted by atomic mass is 35.5. The van der Waals surface area contributed by atoms with Crippen LogP contribution in [0.25, 0.3) is 0 Å². The average Bonchev–Trinajstić information content (AvgIpc) is 2.41. The van der Waals surface area contributed by atoms with E-state index < -0.39 is 0 Å². The van der Waals surface area contributed by atoms with Crippen molar-refractivity contribution in [2.24, 2.45) is 0 Å². The van der Waals surface area contributed by atoms with E-state index >= 15 is 0 Å². The normalized spacial score (nSPS) is 10.3. The maximum absolute atomic E-state index is 13.1. The molecule has 0 aromatic heterocycles. The van der Waals surface area contributed by atoms with E-state index in [0.29, 0.717) is 22.8 Å². The third-order valence-electron chi connectivity index (χ3n) is 2.90. The van der Waals surface area contributed by atoms with Gasteiger partial charge in [0.05, 0.1) is 10.7 Å². The standard InChI is InChI=1S/C15H14ClFN2O/c1-19(9-10-3-2-4-12(17)7-10)15(20)11-5-6-13(16)14(18)8-11/h2-8H,9,18H2,1H3. The first-order valence-corrected chi connectivity index (χ1v) is 6.40. The van der Waals surface area contributed by atoms with Crippen LogP contribution in [0.15, 0.2) is 42.5 Å². The van der Waals surface area contributed by atoms with Gasteiger partial charge in [0.2, 0.25) is 0 Å². The monoisotopic (exact) mass is 292 g/mol. The fourth-order valence-corrected chi connectivity index (χ4v) is 2.00. The molecule has 0 aliphatic heterocycles. The predicted molar refractivity (Wildman–Crippen MR) is 78.1 cm³/mol. The molecule has 0 saturated heterocycles. The molecule has 2 aromatic rings. The zero-order valence-corrected chi connectivity index (χ0v) is 11.7. The van der Waals surface area contributed by atoms with Crippen LogP contribution in [0.1, 0.15) is 15.9 Å². The number of nitrogens with two attached hydrogens (primary N) is 1. The minimum Gasteiger partial charge on any atom is -0.398 e. The summed E-state index contributed by atoms with van der Waals surface area (Å²) in [6.07, 6.45) is 0. The Balaban J connectivity index is 2.14. The predicted octanol–water partition coefficient (Wildman–Crippen LogP) is 3.33. The van der Waals surface area contributed by atoms with Gasteiger partial charge in [-0.3, -0.25) is 4.79 Å². The number of carbonyl (C=O) groups is 1. The van der Waals surface area contributed by atoms with Crippen molar-refractivity contribution in [3.63, 3.8) is 0 Å². The lowest BCUT2D eigenvalue weighted by molar-refractivity contribution is 0.0785. The third-order valence-corrected chi connectivity index (χ3v) is 3.24. The molecule has 0 atom stereocenters. The number of anilines is 1. The summed E-state index contributed by atoms with van der Waals surface area (Å²) in [6, 6.07) is 10.9. The van der Waals surface area contributed by atoms with E-state index in [1.165, 1.54) is 23.1 Å². The Morgan fingerprint density at radius 1 is 1.30 bits per heavy atom. The second-order valence-electron chi connectivity index (χ2n) is 4.53. The van der Waals surface area contributed by atoms with Gasteiger partial charge >= 0.3 is 0 Å². The molecule has 5 heteroatoms. The van der Waals surface area contributed by atoms with Gasteiger partial charge in [-0.05, 0) is 35.9 Å². The van der Waals surface area contributed by atoms with Crippen LogP contribution in [0.2, 0.25) is 5.02 Å². The summed E-state index contributed by atoms with van der Waals surface area (Å²) in [5.41, 5.74) is 7.21. The van der Waals surface area contributed by atoms with Gasteiger partial charge in [-0.1, -0.05) is 23.7 Å². The van der Waals surface area contributed by atoms with Crippen molar-refractivity contribution in [2.75, 3.05) is 12.8 Å². The lowest BCUT2D eigenvalue weighted by atomic mass is 10.1. The number of nitrogen functional groups attached to an aromatic ring is 1. The highest BCUT2D eigenvalue weighted by Crippen LogP contribution is 2.20. The molecule has 2 rings (SSSR count). The summed E-state index contributed by atoms with van der Waals surface area (Å²) in [5, 5.41) is 0.411. The summed E-state index contributed by atoms with van der Waals surface area (Å²) in [5.74, 6) is -0.517. The second-order valence-corrected chi connectivity index (χ2v) is 4.93. The Kier molecular flexibility index (Phi) is 4.25. The number of carbonyl (C=O) groups excluding carboxylic acids is 1. The summed E-state index contributed by atoms with van der Waals surface area (Å²) in [6.45, 7) is 0.319. The van der Waals surface area contributed by atoms with E-state index in [1.54, 1.807) is 31.3 Å². The van der Waals surface area contributed by atoms with Gasteiger partial charge in [0, 0.05) is 19.2 Å². The van der Waals surface area contributed by atoms with Crippen LogP contribution >= 0.6 is 11.6 Å². The van der Waals surface area contributed by atoms with Gasteiger partial charge in [0.15, 0.2) is 0 Å². The highest BCUT2D eigenvalue weighted by molar-refractivity contribution is 6.33. The lowest BCUT2D eigenvalue weighted by Gasteiger charge is -2.17. The van der Waals surface area contributed by atoms with Gasteiger partial charge in [-0.15, -0.1) is 0 Å². The van der Waals surface area contributed by atoms with Crippen molar-refractivity contribution < 1.29 is 9.18 Å². The molecule has 0 bridgehead atoms. The molecular weight excluding hydrogens is 279 g/mol. The number of nitrogens with zero attached hydrogens (tertiary/aromatic N) is 1. The Hall–Kier alpha value is -2.07. The van der Waals surface area contributed by atoms with Crippen LogP contribution < -0.4 is 5.73 Å². The molecule has 0 aliphatic carbocycles. The fourth-order valence-electron chi connectivity index (χ4n) is 1.88. The maximum Gasteiger partial charge on any atom is 0.253 e. The van der Waals surface area contributed by atoms with Crippen LogP contribution in [-0.4, -0.2) is 17.9 Å². The molecule has 0 fully saturated rings. The van der Waals surface area contributed by atoms with Crippen molar-refractivity contribution in [1.29, 1.82) is 0 Å². The van der Waals surface area contributed by atoms with E-state index in [9.17, 15) is 9.18 Å². The van der Waals surface area contributed by atoms with Crippen molar-refractivity contribution in [3.8, 4) is 0 Å². The summed E-state index contributed by atoms with van der Waals surface area (Å²) >= 11 is 5.82. The molecule has 0 unspecified atom stereocenters. The van der Waals surface area contributed by atoms with Crippen LogP contribution in [0.4, 0.5) is 10.1 Å². The van der Waals surface area contributed by atoms with E-state index in [-0.39, 0.29) is 11.7 Å². The molecule has 2 N–H and O–H groups in total. The molecule has 0 heterocycles. The number of amides is 1. The summed E-state index contributed by atoms with van der Waals surface area (Å²) in [4.78, 5) is 13.7. The highest BCUT2D eigenvalue weighted by Gasteiger charge is 2.13. The van der Waals surface area contributed by atoms with Gasteiger partial charge < -0.3 is 10.6 Å². The van der Waals surface area contributed by atoms with Crippen LogP contribution in [0.3, 0.4) is 0 Å². The Bertz CT molecular complexity index is 646. The number of hydrogen-bond donors (Lipinski definition) is 1. The van der Waals surface area contributed by atoms with E-state index in [2.05, 4.69) is 0 Å².